The molecule has 2 bridgehead atoms. The number of benzene rings is 1. The average molecular weight is 288 g/mol. The van der Waals surface area contributed by atoms with Crippen molar-refractivity contribution in [1.82, 2.24) is 4.90 Å². The third-order valence-electron chi connectivity index (χ3n) is 5.59. The number of hydrogen-bond donors (Lipinski definition) is 1. The number of ether oxygens (including phenoxy) is 2. The molecule has 114 valence electrons. The Morgan fingerprint density at radius 2 is 1.76 bits per heavy atom. The van der Waals surface area contributed by atoms with Gasteiger partial charge >= 0.3 is 0 Å². The van der Waals surface area contributed by atoms with Crippen LogP contribution in [0.1, 0.15) is 37.3 Å². The first-order valence-electron chi connectivity index (χ1n) is 8.09. The highest BCUT2D eigenvalue weighted by atomic mass is 16.6. The van der Waals surface area contributed by atoms with E-state index in [-0.39, 0.29) is 6.04 Å². The Balaban J connectivity index is 1.53. The van der Waals surface area contributed by atoms with Gasteiger partial charge in [0, 0.05) is 18.1 Å². The molecule has 0 saturated carbocycles. The van der Waals surface area contributed by atoms with E-state index in [1.165, 1.54) is 31.2 Å². The molecule has 3 unspecified atom stereocenters. The van der Waals surface area contributed by atoms with Crippen molar-refractivity contribution in [3.63, 3.8) is 0 Å². The van der Waals surface area contributed by atoms with Crippen molar-refractivity contribution in [3.05, 3.63) is 23.8 Å². The summed E-state index contributed by atoms with van der Waals surface area (Å²) in [6.45, 7) is 1.26. The van der Waals surface area contributed by atoms with Crippen LogP contribution in [0.5, 0.6) is 11.5 Å². The van der Waals surface area contributed by atoms with Gasteiger partial charge in [0.05, 0.1) is 0 Å². The van der Waals surface area contributed by atoms with Crippen molar-refractivity contribution in [2.24, 2.45) is 11.7 Å². The van der Waals surface area contributed by atoms with E-state index < -0.39 is 0 Å². The first kappa shape index (κ1) is 13.4. The molecule has 2 N–H and O–H groups in total. The molecule has 3 heterocycles. The fourth-order valence-electron chi connectivity index (χ4n) is 4.29. The smallest absolute Gasteiger partial charge is 0.161 e. The quantitative estimate of drug-likeness (QED) is 0.907. The minimum Gasteiger partial charge on any atom is -0.486 e. The van der Waals surface area contributed by atoms with Gasteiger partial charge in [0.1, 0.15) is 13.2 Å². The molecule has 3 aliphatic heterocycles. The molecule has 3 atom stereocenters. The molecule has 0 spiro atoms. The number of hydrogen-bond acceptors (Lipinski definition) is 4. The average Bonchev–Trinajstić information content (AvgIpc) is 2.75. The molecule has 2 saturated heterocycles. The Hall–Kier alpha value is -1.26. The summed E-state index contributed by atoms with van der Waals surface area (Å²) in [7, 11) is 2.27. The molecule has 0 amide bonds. The van der Waals surface area contributed by atoms with Gasteiger partial charge in [-0.25, -0.2) is 0 Å². The predicted octanol–water partition coefficient (Wildman–Crippen LogP) is 2.33. The molecule has 21 heavy (non-hydrogen) atoms. The van der Waals surface area contributed by atoms with Crippen molar-refractivity contribution >= 4 is 0 Å². The summed E-state index contributed by atoms with van der Waals surface area (Å²) in [4.78, 5) is 2.56. The molecule has 0 aliphatic carbocycles. The SMILES string of the molecule is CN1C2CCC1CC(C(N)c1ccc3c(c1)OCCO3)C2. The second-order valence-electron chi connectivity index (χ2n) is 6.71. The summed E-state index contributed by atoms with van der Waals surface area (Å²) < 4.78 is 11.3. The maximum absolute atomic E-state index is 6.59. The summed E-state index contributed by atoms with van der Waals surface area (Å²) in [6.07, 6.45) is 5.13. The number of rotatable bonds is 2. The lowest BCUT2D eigenvalue weighted by molar-refractivity contribution is 0.120. The lowest BCUT2D eigenvalue weighted by atomic mass is 9.82. The van der Waals surface area contributed by atoms with Gasteiger partial charge in [0.25, 0.3) is 0 Å². The fourth-order valence-corrected chi connectivity index (χ4v) is 4.29. The fraction of sp³-hybridized carbons (Fsp3) is 0.647. The van der Waals surface area contributed by atoms with Crippen LogP contribution in [0.15, 0.2) is 18.2 Å². The minimum absolute atomic E-state index is 0.109. The molecular formula is C17H24N2O2. The van der Waals surface area contributed by atoms with E-state index in [2.05, 4.69) is 24.1 Å². The predicted molar refractivity (Wildman–Crippen MR) is 81.7 cm³/mol. The minimum atomic E-state index is 0.109. The maximum Gasteiger partial charge on any atom is 0.161 e. The van der Waals surface area contributed by atoms with Crippen molar-refractivity contribution in [3.8, 4) is 11.5 Å². The van der Waals surface area contributed by atoms with Gasteiger partial charge in [-0.3, -0.25) is 0 Å². The van der Waals surface area contributed by atoms with Gasteiger partial charge in [0.2, 0.25) is 0 Å². The van der Waals surface area contributed by atoms with Gasteiger partial charge in [-0.15, -0.1) is 0 Å². The van der Waals surface area contributed by atoms with Crippen molar-refractivity contribution in [1.29, 1.82) is 0 Å². The number of fused-ring (bicyclic) bond motifs is 3. The second kappa shape index (κ2) is 5.18. The standard InChI is InChI=1S/C17H24N2O2/c1-19-13-3-4-14(19)9-12(8-13)17(18)11-2-5-15-16(10-11)21-7-6-20-15/h2,5,10,12-14,17H,3-4,6-9,18H2,1H3. The van der Waals surface area contributed by atoms with Crippen LogP contribution >= 0.6 is 0 Å². The first-order valence-corrected chi connectivity index (χ1v) is 8.09. The lowest BCUT2D eigenvalue weighted by Gasteiger charge is -2.39. The molecule has 1 aromatic carbocycles. The van der Waals surface area contributed by atoms with Crippen molar-refractivity contribution in [2.45, 2.75) is 43.8 Å². The van der Waals surface area contributed by atoms with Gasteiger partial charge in [-0.2, -0.15) is 0 Å². The summed E-state index contributed by atoms with van der Waals surface area (Å²) in [5.41, 5.74) is 7.77. The Labute approximate surface area is 126 Å². The van der Waals surface area contributed by atoms with Crippen molar-refractivity contribution < 1.29 is 9.47 Å². The highest BCUT2D eigenvalue weighted by molar-refractivity contribution is 5.44. The van der Waals surface area contributed by atoms with Gasteiger partial charge in [-0.05, 0) is 56.3 Å². The zero-order valence-electron chi connectivity index (χ0n) is 12.6. The first-order chi connectivity index (χ1) is 10.2. The van der Waals surface area contributed by atoms with Crippen LogP contribution in [0.4, 0.5) is 0 Å². The molecule has 3 aliphatic rings. The Morgan fingerprint density at radius 3 is 2.48 bits per heavy atom. The summed E-state index contributed by atoms with van der Waals surface area (Å²) in [5.74, 6) is 2.28. The zero-order chi connectivity index (χ0) is 14.4. The largest absolute Gasteiger partial charge is 0.486 e. The highest BCUT2D eigenvalue weighted by Crippen LogP contribution is 2.43. The Bertz CT molecular complexity index is 520. The molecule has 4 rings (SSSR count). The third-order valence-corrected chi connectivity index (χ3v) is 5.59. The summed E-state index contributed by atoms with van der Waals surface area (Å²) in [6, 6.07) is 7.78. The van der Waals surface area contributed by atoms with E-state index in [1.54, 1.807) is 0 Å². The monoisotopic (exact) mass is 288 g/mol. The van der Waals surface area contributed by atoms with E-state index in [9.17, 15) is 0 Å². The van der Waals surface area contributed by atoms with Crippen LogP contribution in [0, 0.1) is 5.92 Å². The van der Waals surface area contributed by atoms with Crippen LogP contribution < -0.4 is 15.2 Å². The van der Waals surface area contributed by atoms with Gasteiger partial charge in [-0.1, -0.05) is 6.07 Å². The molecule has 0 aromatic heterocycles. The lowest BCUT2D eigenvalue weighted by Crippen LogP contribution is -2.42. The normalized spacial score (nSPS) is 33.0. The summed E-state index contributed by atoms with van der Waals surface area (Å²) >= 11 is 0. The number of piperidine rings is 1. The van der Waals surface area contributed by atoms with Crippen LogP contribution in [0.25, 0.3) is 0 Å². The highest BCUT2D eigenvalue weighted by Gasteiger charge is 2.40. The molecule has 4 nitrogen and oxygen atoms in total. The van der Waals surface area contributed by atoms with Crippen molar-refractivity contribution in [2.75, 3.05) is 20.3 Å². The number of nitrogens with two attached hydrogens (primary N) is 1. The van der Waals surface area contributed by atoms with E-state index in [0.717, 1.165) is 23.6 Å². The van der Waals surface area contributed by atoms with E-state index in [4.69, 9.17) is 15.2 Å². The van der Waals surface area contributed by atoms with Gasteiger partial charge < -0.3 is 20.1 Å². The summed E-state index contributed by atoms with van der Waals surface area (Å²) in [5, 5.41) is 0. The Morgan fingerprint density at radius 1 is 1.10 bits per heavy atom. The maximum atomic E-state index is 6.59. The molecule has 4 heteroatoms. The zero-order valence-corrected chi connectivity index (χ0v) is 12.6. The van der Waals surface area contributed by atoms with E-state index in [1.807, 2.05) is 6.07 Å². The molecule has 2 fully saturated rings. The topological polar surface area (TPSA) is 47.7 Å². The van der Waals surface area contributed by atoms with E-state index in [0.29, 0.717) is 19.1 Å². The van der Waals surface area contributed by atoms with Crippen LogP contribution in [0.3, 0.4) is 0 Å². The number of nitrogens with zero attached hydrogens (tertiary/aromatic N) is 1. The molecule has 0 radical (unpaired) electrons. The van der Waals surface area contributed by atoms with Crippen LogP contribution in [-0.4, -0.2) is 37.2 Å². The van der Waals surface area contributed by atoms with Crippen LogP contribution in [0.2, 0.25) is 0 Å². The Kier molecular flexibility index (Phi) is 3.31. The van der Waals surface area contributed by atoms with E-state index >= 15 is 0 Å². The van der Waals surface area contributed by atoms with Crippen LogP contribution in [-0.2, 0) is 0 Å². The third kappa shape index (κ3) is 2.30. The molecular weight excluding hydrogens is 264 g/mol. The molecule has 1 aromatic rings. The second-order valence-corrected chi connectivity index (χ2v) is 6.71. The van der Waals surface area contributed by atoms with Gasteiger partial charge in [0.15, 0.2) is 11.5 Å².